The maximum atomic E-state index is 10.4. The Balaban J connectivity index is 0.000000260. The molecule has 0 fully saturated rings. The summed E-state index contributed by atoms with van der Waals surface area (Å²) in [6, 6.07) is 7.54. The van der Waals surface area contributed by atoms with Crippen molar-refractivity contribution in [2.45, 2.75) is 13.8 Å². The summed E-state index contributed by atoms with van der Waals surface area (Å²) in [6.07, 6.45) is 0. The lowest BCUT2D eigenvalue weighted by atomic mass is 10.1. The van der Waals surface area contributed by atoms with E-state index in [0.717, 1.165) is 0 Å². The van der Waals surface area contributed by atoms with Crippen molar-refractivity contribution in [3.05, 3.63) is 88.0 Å². The molecule has 0 amide bonds. The topological polar surface area (TPSA) is 173 Å². The van der Waals surface area contributed by atoms with Crippen LogP contribution in [0.4, 0.5) is 22.7 Å². The third-order valence-electron chi connectivity index (χ3n) is 3.34. The highest BCUT2D eigenvalue weighted by molar-refractivity contribution is 5.53. The zero-order valence-electron chi connectivity index (χ0n) is 13.5. The molecule has 0 radical (unpaired) electrons. The number of rotatable bonds is 4. The molecule has 0 N–H and O–H groups in total. The molecule has 0 heterocycles. The highest BCUT2D eigenvalue weighted by atomic mass is 16.6. The van der Waals surface area contributed by atoms with E-state index >= 15 is 0 Å². The fourth-order valence-electron chi connectivity index (χ4n) is 2.01. The van der Waals surface area contributed by atoms with Crippen LogP contribution < -0.4 is 0 Å². The van der Waals surface area contributed by atoms with Gasteiger partial charge in [0.05, 0.1) is 19.7 Å². The molecule has 2 aromatic carbocycles. The monoisotopic (exact) mass is 364 g/mol. The first-order chi connectivity index (χ1) is 12.1. The Morgan fingerprint density at radius 1 is 0.538 bits per heavy atom. The summed E-state index contributed by atoms with van der Waals surface area (Å²) >= 11 is 0. The van der Waals surface area contributed by atoms with Gasteiger partial charge in [0.15, 0.2) is 0 Å². The molecule has 0 spiro atoms. The Morgan fingerprint density at radius 2 is 0.731 bits per heavy atom. The van der Waals surface area contributed by atoms with Crippen LogP contribution in [-0.2, 0) is 0 Å². The molecule has 12 nitrogen and oxygen atoms in total. The minimum Gasteiger partial charge on any atom is -0.258 e. The normalized spacial score (nSPS) is 9.62. The molecule has 0 atom stereocenters. The van der Waals surface area contributed by atoms with Crippen LogP contribution in [0.15, 0.2) is 36.4 Å². The van der Waals surface area contributed by atoms with Crippen LogP contribution in [0, 0.1) is 54.3 Å². The molecule has 0 unspecified atom stereocenters. The number of hydrogen-bond donors (Lipinski definition) is 0. The third kappa shape index (κ3) is 4.53. The Bertz CT molecular complexity index is 759. The van der Waals surface area contributed by atoms with E-state index < -0.39 is 19.7 Å². The van der Waals surface area contributed by atoms with Gasteiger partial charge in [-0.2, -0.15) is 0 Å². The zero-order chi connectivity index (χ0) is 20.0. The van der Waals surface area contributed by atoms with Gasteiger partial charge in [0, 0.05) is 24.3 Å². The van der Waals surface area contributed by atoms with Crippen molar-refractivity contribution in [2.24, 2.45) is 0 Å². The van der Waals surface area contributed by atoms with Crippen molar-refractivity contribution >= 4 is 22.7 Å². The van der Waals surface area contributed by atoms with Gasteiger partial charge in [0.25, 0.3) is 22.7 Å². The Labute approximate surface area is 145 Å². The predicted molar refractivity (Wildman–Crippen MR) is 89.0 cm³/mol. The summed E-state index contributed by atoms with van der Waals surface area (Å²) in [7, 11) is 0. The smallest absolute Gasteiger partial charge is 0.258 e. The van der Waals surface area contributed by atoms with E-state index in [2.05, 4.69) is 0 Å². The summed E-state index contributed by atoms with van der Waals surface area (Å²) in [6.45, 7) is 2.71. The van der Waals surface area contributed by atoms with E-state index in [4.69, 9.17) is 0 Å². The summed E-state index contributed by atoms with van der Waals surface area (Å²) in [5, 5.41) is 41.5. The van der Waals surface area contributed by atoms with Crippen LogP contribution in [-0.4, -0.2) is 19.7 Å². The lowest BCUT2D eigenvalue weighted by Crippen LogP contribution is -1.96. The van der Waals surface area contributed by atoms with E-state index in [0.29, 0.717) is 0 Å². The Kier molecular flexibility index (Phi) is 6.36. The van der Waals surface area contributed by atoms with E-state index in [1.165, 1.54) is 50.2 Å². The molecule has 12 heteroatoms. The van der Waals surface area contributed by atoms with Crippen LogP contribution in [0.25, 0.3) is 0 Å². The largest absolute Gasteiger partial charge is 0.279 e. The fourth-order valence-corrected chi connectivity index (χ4v) is 2.01. The first-order valence-electron chi connectivity index (χ1n) is 6.84. The second kappa shape index (κ2) is 8.23. The van der Waals surface area contributed by atoms with Crippen molar-refractivity contribution in [2.75, 3.05) is 0 Å². The maximum absolute atomic E-state index is 10.4. The lowest BCUT2D eigenvalue weighted by molar-refractivity contribution is -0.395. The van der Waals surface area contributed by atoms with Crippen LogP contribution in [0.3, 0.4) is 0 Å². The second-order valence-corrected chi connectivity index (χ2v) is 4.87. The van der Waals surface area contributed by atoms with Gasteiger partial charge in [-0.25, -0.2) is 0 Å². The molecule has 2 aromatic rings. The molecule has 26 heavy (non-hydrogen) atoms. The Hall–Kier alpha value is -3.96. The highest BCUT2D eigenvalue weighted by Gasteiger charge is 2.20. The number of nitrogens with zero attached hydrogens (tertiary/aromatic N) is 4. The molecular formula is C14H12N4O8. The van der Waals surface area contributed by atoms with Gasteiger partial charge in [0.2, 0.25) is 0 Å². The first-order valence-corrected chi connectivity index (χ1v) is 6.84. The van der Waals surface area contributed by atoms with Crippen molar-refractivity contribution in [1.82, 2.24) is 0 Å². The standard InChI is InChI=1S/2C7H6N2O4/c2*1-5-6(8(10)11)3-2-4-7(5)9(12)13/h2*2-4H,1H3. The molecule has 136 valence electrons. The van der Waals surface area contributed by atoms with Crippen molar-refractivity contribution in [3.63, 3.8) is 0 Å². The van der Waals surface area contributed by atoms with Crippen LogP contribution in [0.5, 0.6) is 0 Å². The molecule has 0 aliphatic heterocycles. The minimum absolute atomic E-state index is 0.0810. The van der Waals surface area contributed by atoms with Gasteiger partial charge in [-0.15, -0.1) is 0 Å². The molecule has 0 saturated carbocycles. The summed E-state index contributed by atoms with van der Waals surface area (Å²) in [5.41, 5.74) is -0.748. The number of nitro groups is 4. The quantitative estimate of drug-likeness (QED) is 0.584. The third-order valence-corrected chi connectivity index (χ3v) is 3.34. The SMILES string of the molecule is Cc1c([N+](=O)[O-])cccc1[N+](=O)[O-].Cc1c([N+](=O)[O-])cccc1[N+](=O)[O-]. The van der Waals surface area contributed by atoms with Gasteiger partial charge >= 0.3 is 0 Å². The lowest BCUT2D eigenvalue weighted by Gasteiger charge is -1.96. The Morgan fingerprint density at radius 3 is 0.885 bits per heavy atom. The molecule has 2 rings (SSSR count). The zero-order valence-corrected chi connectivity index (χ0v) is 13.5. The second-order valence-electron chi connectivity index (χ2n) is 4.87. The maximum Gasteiger partial charge on any atom is 0.279 e. The van der Waals surface area contributed by atoms with Crippen LogP contribution in [0.1, 0.15) is 11.1 Å². The average molecular weight is 364 g/mol. The van der Waals surface area contributed by atoms with Crippen LogP contribution >= 0.6 is 0 Å². The molecule has 0 aliphatic rings. The van der Waals surface area contributed by atoms with E-state index in [9.17, 15) is 40.5 Å². The first kappa shape index (κ1) is 20.1. The summed E-state index contributed by atoms with van der Waals surface area (Å²) < 4.78 is 0. The van der Waals surface area contributed by atoms with Gasteiger partial charge in [0.1, 0.15) is 11.1 Å². The highest BCUT2D eigenvalue weighted by Crippen LogP contribution is 2.27. The number of hydrogen-bond acceptors (Lipinski definition) is 8. The van der Waals surface area contributed by atoms with Crippen molar-refractivity contribution < 1.29 is 19.7 Å². The number of nitro benzene ring substituents is 4. The van der Waals surface area contributed by atoms with E-state index in [1.807, 2.05) is 0 Å². The fraction of sp³-hybridized carbons (Fsp3) is 0.143. The van der Waals surface area contributed by atoms with Crippen LogP contribution in [0.2, 0.25) is 0 Å². The molecule has 0 aliphatic carbocycles. The molecule has 0 saturated heterocycles. The predicted octanol–water partition coefficient (Wildman–Crippen LogP) is 3.62. The molecular weight excluding hydrogens is 352 g/mol. The van der Waals surface area contributed by atoms with Crippen molar-refractivity contribution in [1.29, 1.82) is 0 Å². The van der Waals surface area contributed by atoms with Gasteiger partial charge < -0.3 is 0 Å². The van der Waals surface area contributed by atoms with E-state index in [1.54, 1.807) is 0 Å². The summed E-state index contributed by atoms with van der Waals surface area (Å²) in [5.74, 6) is 0. The molecule has 0 bridgehead atoms. The van der Waals surface area contributed by atoms with Gasteiger partial charge in [-0.1, -0.05) is 0 Å². The van der Waals surface area contributed by atoms with Gasteiger partial charge in [-0.3, -0.25) is 40.5 Å². The summed E-state index contributed by atoms with van der Waals surface area (Å²) in [4.78, 5) is 39.0. The average Bonchev–Trinajstić information content (AvgIpc) is 2.54. The minimum atomic E-state index is -0.637. The van der Waals surface area contributed by atoms with Gasteiger partial charge in [-0.05, 0) is 26.0 Å². The van der Waals surface area contributed by atoms with E-state index in [-0.39, 0.29) is 33.9 Å². The van der Waals surface area contributed by atoms with Crippen molar-refractivity contribution in [3.8, 4) is 0 Å². The molecule has 0 aromatic heterocycles. The number of benzene rings is 2.